The van der Waals surface area contributed by atoms with Gasteiger partial charge in [-0.3, -0.25) is 0 Å². The summed E-state index contributed by atoms with van der Waals surface area (Å²) in [6, 6.07) is 8.62. The molecule has 0 aliphatic carbocycles. The summed E-state index contributed by atoms with van der Waals surface area (Å²) >= 11 is 1.52. The molecule has 0 aliphatic rings. The Kier molecular flexibility index (Phi) is 2.23. The average Bonchev–Trinajstić information content (AvgIpc) is 2.83. The molecule has 0 unspecified atom stereocenters. The summed E-state index contributed by atoms with van der Waals surface area (Å²) in [6.45, 7) is 0. The van der Waals surface area contributed by atoms with Gasteiger partial charge in [0.05, 0.1) is 5.56 Å². The first kappa shape index (κ1) is 10.1. The van der Waals surface area contributed by atoms with Crippen LogP contribution in [0, 0.1) is 0 Å². The molecule has 0 amide bonds. The Morgan fingerprint density at radius 2 is 2.12 bits per heavy atom. The highest BCUT2D eigenvalue weighted by Crippen LogP contribution is 2.27. The highest BCUT2D eigenvalue weighted by atomic mass is 32.1. The first-order valence-corrected chi connectivity index (χ1v) is 5.98. The molecule has 2 aromatic heterocycles. The maximum Gasteiger partial charge on any atom is 0.344 e. The molecular weight excluding hydrogens is 236 g/mol. The smallest absolute Gasteiger partial charge is 0.344 e. The second-order valence-corrected chi connectivity index (χ2v) is 4.44. The van der Waals surface area contributed by atoms with Crippen LogP contribution in [-0.4, -0.2) is 5.11 Å². The molecular formula is C13H8O3S. The fraction of sp³-hybridized carbons (Fsp3) is 0. The van der Waals surface area contributed by atoms with E-state index in [1.807, 2.05) is 16.8 Å². The largest absolute Gasteiger partial charge is 0.504 e. The van der Waals surface area contributed by atoms with Gasteiger partial charge in [0.15, 0.2) is 11.3 Å². The summed E-state index contributed by atoms with van der Waals surface area (Å²) in [5.41, 5.74) is 1.16. The molecule has 17 heavy (non-hydrogen) atoms. The number of aromatic hydroxyl groups is 1. The third-order valence-electron chi connectivity index (χ3n) is 2.57. The Morgan fingerprint density at radius 1 is 1.24 bits per heavy atom. The summed E-state index contributed by atoms with van der Waals surface area (Å²) in [7, 11) is 0. The van der Waals surface area contributed by atoms with E-state index in [0.717, 1.165) is 5.56 Å². The molecule has 84 valence electrons. The maximum atomic E-state index is 11.8. The molecule has 0 spiro atoms. The van der Waals surface area contributed by atoms with Crippen molar-refractivity contribution in [1.29, 1.82) is 0 Å². The summed E-state index contributed by atoms with van der Waals surface area (Å²) in [5.74, 6) is -0.0172. The number of hydrogen-bond acceptors (Lipinski definition) is 4. The first-order chi connectivity index (χ1) is 8.25. The summed E-state index contributed by atoms with van der Waals surface area (Å²) in [5, 5.41) is 14.1. The summed E-state index contributed by atoms with van der Waals surface area (Å²) < 4.78 is 5.15. The Hall–Kier alpha value is -2.07. The van der Waals surface area contributed by atoms with Gasteiger partial charge in [-0.15, -0.1) is 0 Å². The van der Waals surface area contributed by atoms with E-state index in [9.17, 15) is 9.90 Å². The van der Waals surface area contributed by atoms with Crippen molar-refractivity contribution in [3.05, 3.63) is 51.5 Å². The zero-order valence-electron chi connectivity index (χ0n) is 8.71. The van der Waals surface area contributed by atoms with Crippen molar-refractivity contribution < 1.29 is 9.52 Å². The lowest BCUT2D eigenvalue weighted by atomic mass is 10.1. The van der Waals surface area contributed by atoms with E-state index in [0.29, 0.717) is 10.9 Å². The number of thiophene rings is 1. The van der Waals surface area contributed by atoms with E-state index in [-0.39, 0.29) is 11.3 Å². The van der Waals surface area contributed by atoms with Gasteiger partial charge in [-0.2, -0.15) is 11.3 Å². The van der Waals surface area contributed by atoms with Gasteiger partial charge in [0.1, 0.15) is 0 Å². The van der Waals surface area contributed by atoms with Crippen molar-refractivity contribution in [2.24, 2.45) is 0 Å². The summed E-state index contributed by atoms with van der Waals surface area (Å²) in [4.78, 5) is 11.8. The van der Waals surface area contributed by atoms with Crippen LogP contribution in [0.3, 0.4) is 0 Å². The summed E-state index contributed by atoms with van der Waals surface area (Å²) in [6.07, 6.45) is 0. The monoisotopic (exact) mass is 244 g/mol. The van der Waals surface area contributed by atoms with Crippen LogP contribution in [-0.2, 0) is 0 Å². The Morgan fingerprint density at radius 3 is 2.88 bits per heavy atom. The minimum Gasteiger partial charge on any atom is -0.504 e. The van der Waals surface area contributed by atoms with Crippen LogP contribution >= 0.6 is 11.3 Å². The number of benzene rings is 1. The first-order valence-electron chi connectivity index (χ1n) is 5.04. The molecule has 1 aromatic carbocycles. The fourth-order valence-corrected chi connectivity index (χ4v) is 2.40. The molecule has 3 nitrogen and oxygen atoms in total. The standard InChI is InChI=1S/C13H8O3S/c14-11-3-1-2-8-6-10(9-4-5-17-7-9)13(15)16-12(8)11/h1-7,14H. The van der Waals surface area contributed by atoms with E-state index in [2.05, 4.69) is 0 Å². The molecule has 0 aliphatic heterocycles. The lowest BCUT2D eigenvalue weighted by molar-refractivity contribution is 0.457. The van der Waals surface area contributed by atoms with Gasteiger partial charge in [0, 0.05) is 5.39 Å². The number of hydrogen-bond donors (Lipinski definition) is 1. The average molecular weight is 244 g/mol. The third kappa shape index (κ3) is 1.62. The van der Waals surface area contributed by atoms with Crippen LogP contribution in [0.25, 0.3) is 22.1 Å². The van der Waals surface area contributed by atoms with Crippen molar-refractivity contribution in [3.63, 3.8) is 0 Å². The van der Waals surface area contributed by atoms with Gasteiger partial charge in [-0.1, -0.05) is 12.1 Å². The lowest BCUT2D eigenvalue weighted by Gasteiger charge is -2.01. The maximum absolute atomic E-state index is 11.8. The zero-order chi connectivity index (χ0) is 11.8. The van der Waals surface area contributed by atoms with Gasteiger partial charge >= 0.3 is 5.63 Å². The molecule has 0 atom stereocenters. The van der Waals surface area contributed by atoms with Crippen LogP contribution in [0.15, 0.2) is 50.3 Å². The van der Waals surface area contributed by atoms with Crippen LogP contribution in [0.1, 0.15) is 0 Å². The van der Waals surface area contributed by atoms with Crippen LogP contribution in [0.2, 0.25) is 0 Å². The molecule has 0 bridgehead atoms. The number of phenols is 1. The zero-order valence-corrected chi connectivity index (χ0v) is 9.53. The van der Waals surface area contributed by atoms with Gasteiger partial charge in [0.2, 0.25) is 0 Å². The molecule has 0 radical (unpaired) electrons. The number of fused-ring (bicyclic) bond motifs is 1. The molecule has 3 rings (SSSR count). The van der Waals surface area contributed by atoms with E-state index in [1.54, 1.807) is 18.2 Å². The Labute approximate surface area is 101 Å². The topological polar surface area (TPSA) is 50.4 Å². The predicted molar refractivity (Wildman–Crippen MR) is 67.5 cm³/mol. The molecule has 1 N–H and O–H groups in total. The second kappa shape index (κ2) is 3.75. The third-order valence-corrected chi connectivity index (χ3v) is 3.25. The van der Waals surface area contributed by atoms with Gasteiger partial charge in [-0.05, 0) is 34.5 Å². The normalized spacial score (nSPS) is 10.8. The molecule has 2 heterocycles. The van der Waals surface area contributed by atoms with E-state index in [1.165, 1.54) is 17.4 Å². The quantitative estimate of drug-likeness (QED) is 0.668. The van der Waals surface area contributed by atoms with Crippen molar-refractivity contribution in [1.82, 2.24) is 0 Å². The van der Waals surface area contributed by atoms with E-state index in [4.69, 9.17) is 4.42 Å². The van der Waals surface area contributed by atoms with Crippen LogP contribution < -0.4 is 5.63 Å². The second-order valence-electron chi connectivity index (χ2n) is 3.66. The molecule has 3 aromatic rings. The highest BCUT2D eigenvalue weighted by Gasteiger charge is 2.09. The van der Waals surface area contributed by atoms with Gasteiger partial charge in [-0.25, -0.2) is 4.79 Å². The lowest BCUT2D eigenvalue weighted by Crippen LogP contribution is -2.01. The number of para-hydroxylation sites is 1. The molecule has 4 heteroatoms. The number of rotatable bonds is 1. The van der Waals surface area contributed by atoms with Crippen molar-refractivity contribution >= 4 is 22.3 Å². The highest BCUT2D eigenvalue weighted by molar-refractivity contribution is 7.08. The molecule has 0 fully saturated rings. The Bertz CT molecular complexity index is 726. The van der Waals surface area contributed by atoms with E-state index < -0.39 is 5.63 Å². The molecule has 0 saturated carbocycles. The van der Waals surface area contributed by atoms with Gasteiger partial charge in [0.25, 0.3) is 0 Å². The minimum atomic E-state index is -0.433. The van der Waals surface area contributed by atoms with E-state index >= 15 is 0 Å². The fourth-order valence-electron chi connectivity index (χ4n) is 1.75. The Balaban J connectivity index is 2.36. The SMILES string of the molecule is O=c1oc2c(O)cccc2cc1-c1ccsc1. The van der Waals surface area contributed by atoms with Crippen molar-refractivity contribution in [2.75, 3.05) is 0 Å². The predicted octanol–water partition coefficient (Wildman–Crippen LogP) is 3.23. The minimum absolute atomic E-state index is 0.0172. The van der Waals surface area contributed by atoms with Crippen LogP contribution in [0.4, 0.5) is 0 Å². The van der Waals surface area contributed by atoms with Crippen LogP contribution in [0.5, 0.6) is 5.75 Å². The van der Waals surface area contributed by atoms with Gasteiger partial charge < -0.3 is 9.52 Å². The molecule has 0 saturated heterocycles. The number of phenolic OH excluding ortho intramolecular Hbond substituents is 1. The van der Waals surface area contributed by atoms with Crippen molar-refractivity contribution in [3.8, 4) is 16.9 Å². The van der Waals surface area contributed by atoms with Crippen molar-refractivity contribution in [2.45, 2.75) is 0 Å².